The summed E-state index contributed by atoms with van der Waals surface area (Å²) >= 11 is 3.37. The van der Waals surface area contributed by atoms with E-state index in [-0.39, 0.29) is 5.69 Å². The highest BCUT2D eigenvalue weighted by Gasteiger charge is 2.15. The average Bonchev–Trinajstić information content (AvgIpc) is 2.90. The van der Waals surface area contributed by atoms with Crippen LogP contribution in [0.25, 0.3) is 16.9 Å². The summed E-state index contributed by atoms with van der Waals surface area (Å²) in [6, 6.07) is 1.93. The fourth-order valence-corrected chi connectivity index (χ4v) is 2.34. The van der Waals surface area contributed by atoms with Gasteiger partial charge in [0.15, 0.2) is 11.3 Å². The molecule has 0 saturated heterocycles. The zero-order valence-corrected chi connectivity index (χ0v) is 11.5. The van der Waals surface area contributed by atoms with Crippen molar-refractivity contribution in [2.75, 3.05) is 0 Å². The second-order valence-corrected chi connectivity index (χ2v) is 5.04. The molecule has 3 rings (SSSR count). The van der Waals surface area contributed by atoms with E-state index in [0.717, 1.165) is 21.3 Å². The molecule has 0 aromatic carbocycles. The largest absolute Gasteiger partial charge is 0.476 e. The van der Waals surface area contributed by atoms with Crippen LogP contribution < -0.4 is 0 Å². The summed E-state index contributed by atoms with van der Waals surface area (Å²) in [7, 11) is 0. The van der Waals surface area contributed by atoms with Crippen molar-refractivity contribution in [1.29, 1.82) is 0 Å². The van der Waals surface area contributed by atoms with Crippen molar-refractivity contribution in [2.45, 2.75) is 6.92 Å². The number of hydrogen-bond acceptors (Lipinski definition) is 3. The summed E-state index contributed by atoms with van der Waals surface area (Å²) in [5.74, 6) is -1.04. The first kappa shape index (κ1) is 11.9. The molecule has 0 unspecified atom stereocenters. The van der Waals surface area contributed by atoms with Gasteiger partial charge in [-0.25, -0.2) is 14.3 Å². The van der Waals surface area contributed by atoms with Gasteiger partial charge in [0.25, 0.3) is 0 Å². The molecule has 0 radical (unpaired) electrons. The average molecular weight is 321 g/mol. The third kappa shape index (κ3) is 1.91. The monoisotopic (exact) mass is 320 g/mol. The number of carboxylic acids is 1. The lowest BCUT2D eigenvalue weighted by atomic mass is 10.1. The van der Waals surface area contributed by atoms with Gasteiger partial charge in [-0.15, -0.1) is 0 Å². The minimum absolute atomic E-state index is 0.0215. The normalized spacial score (nSPS) is 11.1. The number of aromatic nitrogens is 4. The van der Waals surface area contributed by atoms with Crippen molar-refractivity contribution in [3.05, 3.63) is 40.4 Å². The lowest BCUT2D eigenvalue weighted by Crippen LogP contribution is -1.96. The molecule has 0 aliphatic heterocycles. The molecule has 6 nitrogen and oxygen atoms in total. The summed E-state index contributed by atoms with van der Waals surface area (Å²) in [4.78, 5) is 19.1. The standard InChI is InChI=1S/C12H9BrN4O2/c1-6-10(7-2-8(13)4-14-3-7)16-17-5-9(12(18)19)15-11(6)17/h2-5,16H,1H3,(H,18,19). The number of nitrogens with one attached hydrogen (secondary N) is 1. The summed E-state index contributed by atoms with van der Waals surface area (Å²) in [6.45, 7) is 1.89. The van der Waals surface area contributed by atoms with E-state index in [0.29, 0.717) is 5.65 Å². The molecule has 0 aliphatic carbocycles. The van der Waals surface area contributed by atoms with E-state index in [2.05, 4.69) is 31.0 Å². The molecule has 0 saturated carbocycles. The third-order valence-corrected chi connectivity index (χ3v) is 3.29. The molecule has 0 fully saturated rings. The van der Waals surface area contributed by atoms with Gasteiger partial charge in [0.2, 0.25) is 0 Å². The first-order chi connectivity index (χ1) is 9.06. The maximum atomic E-state index is 10.9. The number of aromatic carboxylic acids is 1. The van der Waals surface area contributed by atoms with E-state index in [1.54, 1.807) is 16.9 Å². The number of halogens is 1. The molecule has 7 heteroatoms. The zero-order valence-electron chi connectivity index (χ0n) is 9.88. The Morgan fingerprint density at radius 3 is 2.89 bits per heavy atom. The number of aromatic amines is 1. The van der Waals surface area contributed by atoms with E-state index in [1.807, 2.05) is 13.0 Å². The molecule has 3 aromatic rings. The summed E-state index contributed by atoms with van der Waals surface area (Å²) in [5, 5.41) is 12.0. The number of rotatable bonds is 2. The Bertz CT molecular complexity index is 790. The minimum Gasteiger partial charge on any atom is -0.476 e. The molecular formula is C12H9BrN4O2. The summed E-state index contributed by atoms with van der Waals surface area (Å²) < 4.78 is 2.48. The van der Waals surface area contributed by atoms with Gasteiger partial charge in [0, 0.05) is 28.0 Å². The van der Waals surface area contributed by atoms with Crippen LogP contribution in [0.5, 0.6) is 0 Å². The fourth-order valence-electron chi connectivity index (χ4n) is 1.98. The predicted octanol–water partition coefficient (Wildman–Crippen LogP) is 2.49. The molecule has 96 valence electrons. The molecule has 2 N–H and O–H groups in total. The van der Waals surface area contributed by atoms with Gasteiger partial charge >= 0.3 is 5.97 Å². The molecule has 3 aromatic heterocycles. The molecule has 3 heterocycles. The van der Waals surface area contributed by atoms with Crippen molar-refractivity contribution in [3.63, 3.8) is 0 Å². The van der Waals surface area contributed by atoms with E-state index in [1.165, 1.54) is 6.20 Å². The van der Waals surface area contributed by atoms with Crippen LogP contribution in [0.4, 0.5) is 0 Å². The predicted molar refractivity (Wildman–Crippen MR) is 72.2 cm³/mol. The lowest BCUT2D eigenvalue weighted by Gasteiger charge is -1.99. The molecule has 0 spiro atoms. The Morgan fingerprint density at radius 1 is 1.47 bits per heavy atom. The van der Waals surface area contributed by atoms with Crippen molar-refractivity contribution in [3.8, 4) is 11.3 Å². The van der Waals surface area contributed by atoms with Crippen LogP contribution in [0.3, 0.4) is 0 Å². The number of imidazole rings is 1. The highest BCUT2D eigenvalue weighted by molar-refractivity contribution is 9.10. The second kappa shape index (κ2) is 4.20. The van der Waals surface area contributed by atoms with E-state index >= 15 is 0 Å². The molecule has 0 bridgehead atoms. The van der Waals surface area contributed by atoms with Gasteiger partial charge in [0.1, 0.15) is 0 Å². The molecular weight excluding hydrogens is 312 g/mol. The van der Waals surface area contributed by atoms with Crippen LogP contribution >= 0.6 is 15.9 Å². The number of pyridine rings is 1. The first-order valence-corrected chi connectivity index (χ1v) is 6.27. The Labute approximate surface area is 116 Å². The van der Waals surface area contributed by atoms with Gasteiger partial charge in [-0.3, -0.25) is 10.1 Å². The maximum Gasteiger partial charge on any atom is 0.356 e. The number of aryl methyl sites for hydroxylation is 1. The van der Waals surface area contributed by atoms with Gasteiger partial charge < -0.3 is 5.11 Å². The Morgan fingerprint density at radius 2 is 2.26 bits per heavy atom. The summed E-state index contributed by atoms with van der Waals surface area (Å²) in [6.07, 6.45) is 4.90. The highest BCUT2D eigenvalue weighted by atomic mass is 79.9. The van der Waals surface area contributed by atoms with Crippen molar-refractivity contribution < 1.29 is 9.90 Å². The Hall–Kier alpha value is -2.15. The van der Waals surface area contributed by atoms with Gasteiger partial charge in [-0.1, -0.05) is 0 Å². The number of hydrogen-bond donors (Lipinski definition) is 2. The maximum absolute atomic E-state index is 10.9. The van der Waals surface area contributed by atoms with Crippen LogP contribution in [0.15, 0.2) is 29.1 Å². The number of nitrogens with zero attached hydrogens (tertiary/aromatic N) is 3. The number of fused-ring (bicyclic) bond motifs is 1. The second-order valence-electron chi connectivity index (χ2n) is 4.13. The van der Waals surface area contributed by atoms with Gasteiger partial charge in [-0.2, -0.15) is 0 Å². The molecule has 0 aliphatic rings. The fraction of sp³-hybridized carbons (Fsp3) is 0.0833. The van der Waals surface area contributed by atoms with Crippen molar-refractivity contribution in [1.82, 2.24) is 19.6 Å². The van der Waals surface area contributed by atoms with E-state index in [9.17, 15) is 4.79 Å². The number of H-pyrrole nitrogens is 1. The Balaban J connectivity index is 2.18. The van der Waals surface area contributed by atoms with Crippen LogP contribution in [0.1, 0.15) is 16.1 Å². The molecule has 19 heavy (non-hydrogen) atoms. The van der Waals surface area contributed by atoms with Crippen LogP contribution in [0.2, 0.25) is 0 Å². The molecule has 0 atom stereocenters. The van der Waals surface area contributed by atoms with Gasteiger partial charge in [-0.05, 0) is 28.9 Å². The quantitative estimate of drug-likeness (QED) is 0.759. The number of carbonyl (C=O) groups is 1. The molecule has 0 amide bonds. The lowest BCUT2D eigenvalue weighted by molar-refractivity contribution is 0.0691. The topological polar surface area (TPSA) is 83.3 Å². The third-order valence-electron chi connectivity index (χ3n) is 2.86. The minimum atomic E-state index is -1.04. The first-order valence-electron chi connectivity index (χ1n) is 5.48. The summed E-state index contributed by atoms with van der Waals surface area (Å²) in [5.41, 5.74) is 3.29. The van der Waals surface area contributed by atoms with Crippen LogP contribution in [0, 0.1) is 6.92 Å². The van der Waals surface area contributed by atoms with Crippen LogP contribution in [-0.2, 0) is 0 Å². The smallest absolute Gasteiger partial charge is 0.356 e. The highest BCUT2D eigenvalue weighted by Crippen LogP contribution is 2.26. The van der Waals surface area contributed by atoms with Gasteiger partial charge in [0.05, 0.1) is 11.9 Å². The van der Waals surface area contributed by atoms with E-state index in [4.69, 9.17) is 5.11 Å². The van der Waals surface area contributed by atoms with Crippen molar-refractivity contribution in [2.24, 2.45) is 0 Å². The Kier molecular flexibility index (Phi) is 2.63. The van der Waals surface area contributed by atoms with E-state index < -0.39 is 5.97 Å². The van der Waals surface area contributed by atoms with Crippen LogP contribution in [-0.4, -0.2) is 30.7 Å². The van der Waals surface area contributed by atoms with Crippen molar-refractivity contribution >= 4 is 27.5 Å². The SMILES string of the molecule is Cc1c(-c2cncc(Br)c2)[nH]n2cc(C(=O)O)nc12. The number of carboxylic acid groups (broad SMARTS) is 1. The zero-order chi connectivity index (χ0) is 13.6.